The van der Waals surface area contributed by atoms with Crippen LogP contribution in [0.3, 0.4) is 0 Å². The molecule has 0 aliphatic rings. The van der Waals surface area contributed by atoms with E-state index in [-0.39, 0.29) is 11.8 Å². The summed E-state index contributed by atoms with van der Waals surface area (Å²) in [6.45, 7) is 9.73. The predicted molar refractivity (Wildman–Crippen MR) is 130 cm³/mol. The molecule has 1 atom stereocenters. The molecule has 0 radical (unpaired) electrons. The molecule has 5 nitrogen and oxygen atoms in total. The van der Waals surface area contributed by atoms with Gasteiger partial charge >= 0.3 is 0 Å². The molecular weight excluding hydrogens is 400 g/mol. The molecule has 0 saturated carbocycles. The van der Waals surface area contributed by atoms with Gasteiger partial charge < -0.3 is 15.4 Å². The molecule has 0 unspecified atom stereocenters. The molecule has 0 saturated heterocycles. The molecule has 0 aliphatic carbocycles. The van der Waals surface area contributed by atoms with Gasteiger partial charge in [-0.2, -0.15) is 0 Å². The van der Waals surface area contributed by atoms with E-state index < -0.39 is 6.10 Å². The monoisotopic (exact) mass is 430 g/mol. The predicted octanol–water partition coefficient (Wildman–Crippen LogP) is 5.83. The summed E-state index contributed by atoms with van der Waals surface area (Å²) in [7, 11) is 0. The molecule has 0 aromatic heterocycles. The first kappa shape index (κ1) is 23.1. The molecule has 0 spiro atoms. The third kappa shape index (κ3) is 5.35. The Kier molecular flexibility index (Phi) is 7.31. The number of carbonyl (C=O) groups is 2. The van der Waals surface area contributed by atoms with E-state index in [0.29, 0.717) is 11.3 Å². The van der Waals surface area contributed by atoms with Crippen molar-refractivity contribution in [3.05, 3.63) is 88.5 Å². The second kappa shape index (κ2) is 10.1. The first-order valence-electron chi connectivity index (χ1n) is 10.8. The van der Waals surface area contributed by atoms with Gasteiger partial charge in [0.2, 0.25) is 0 Å². The number of aryl methyl sites for hydroxylation is 3. The zero-order chi connectivity index (χ0) is 23.3. The highest BCUT2D eigenvalue weighted by atomic mass is 16.5. The number of benzene rings is 3. The van der Waals surface area contributed by atoms with Crippen LogP contribution in [-0.2, 0) is 11.2 Å². The van der Waals surface area contributed by atoms with Crippen molar-refractivity contribution in [2.24, 2.45) is 0 Å². The van der Waals surface area contributed by atoms with Gasteiger partial charge in [-0.3, -0.25) is 9.59 Å². The smallest absolute Gasteiger partial charge is 0.265 e. The molecule has 166 valence electrons. The molecular formula is C27H30N2O3. The van der Waals surface area contributed by atoms with Gasteiger partial charge in [-0.1, -0.05) is 37.3 Å². The molecule has 2 N–H and O–H groups in total. The average molecular weight is 431 g/mol. The van der Waals surface area contributed by atoms with Crippen LogP contribution < -0.4 is 15.4 Å². The van der Waals surface area contributed by atoms with Gasteiger partial charge in [0.1, 0.15) is 5.75 Å². The fraction of sp³-hybridized carbons (Fsp3) is 0.259. The van der Waals surface area contributed by atoms with Crippen molar-refractivity contribution in [2.45, 2.75) is 47.1 Å². The number of hydrogen-bond acceptors (Lipinski definition) is 3. The number of anilines is 2. The van der Waals surface area contributed by atoms with E-state index in [0.717, 1.165) is 40.0 Å². The molecule has 0 aliphatic heterocycles. The summed E-state index contributed by atoms with van der Waals surface area (Å²) in [4.78, 5) is 25.3. The fourth-order valence-corrected chi connectivity index (χ4v) is 3.45. The van der Waals surface area contributed by atoms with Crippen LogP contribution >= 0.6 is 0 Å². The van der Waals surface area contributed by atoms with Crippen LogP contribution in [-0.4, -0.2) is 17.9 Å². The highest BCUT2D eigenvalue weighted by Gasteiger charge is 2.17. The minimum absolute atomic E-state index is 0.192. The second-order valence-corrected chi connectivity index (χ2v) is 7.94. The Morgan fingerprint density at radius 2 is 1.53 bits per heavy atom. The Morgan fingerprint density at radius 1 is 0.875 bits per heavy atom. The van der Waals surface area contributed by atoms with Gasteiger partial charge in [0.15, 0.2) is 6.10 Å². The Bertz CT molecular complexity index is 1120. The summed E-state index contributed by atoms with van der Waals surface area (Å²) in [6, 6.07) is 18.6. The van der Waals surface area contributed by atoms with Crippen LogP contribution in [0.5, 0.6) is 5.75 Å². The molecule has 0 heterocycles. The van der Waals surface area contributed by atoms with Crippen molar-refractivity contribution in [3.63, 3.8) is 0 Å². The van der Waals surface area contributed by atoms with Crippen LogP contribution in [0.2, 0.25) is 0 Å². The minimum atomic E-state index is -0.686. The molecule has 2 amide bonds. The lowest BCUT2D eigenvalue weighted by Gasteiger charge is -2.18. The Labute approximate surface area is 189 Å². The maximum atomic E-state index is 12.7. The molecule has 0 bridgehead atoms. The summed E-state index contributed by atoms with van der Waals surface area (Å²) in [5, 5.41) is 5.93. The Morgan fingerprint density at radius 3 is 2.22 bits per heavy atom. The summed E-state index contributed by atoms with van der Waals surface area (Å²) < 4.78 is 5.81. The third-order valence-corrected chi connectivity index (χ3v) is 5.64. The van der Waals surface area contributed by atoms with E-state index >= 15 is 0 Å². The van der Waals surface area contributed by atoms with Gasteiger partial charge in [-0.25, -0.2) is 0 Å². The molecule has 3 aromatic carbocycles. The molecule has 3 rings (SSSR count). The van der Waals surface area contributed by atoms with Gasteiger partial charge in [-0.15, -0.1) is 0 Å². The maximum absolute atomic E-state index is 12.7. The van der Waals surface area contributed by atoms with E-state index in [1.165, 1.54) is 0 Å². The van der Waals surface area contributed by atoms with Gasteiger partial charge in [0.25, 0.3) is 11.8 Å². The lowest BCUT2D eigenvalue weighted by molar-refractivity contribution is -0.122. The van der Waals surface area contributed by atoms with Crippen LogP contribution in [0.1, 0.15) is 46.5 Å². The number of para-hydroxylation sites is 1. The van der Waals surface area contributed by atoms with Crippen molar-refractivity contribution < 1.29 is 14.3 Å². The Hall–Kier alpha value is -3.60. The lowest BCUT2D eigenvalue weighted by atomic mass is 10.1. The Balaban J connectivity index is 1.63. The SMILES string of the molecule is CCc1cccc(C)c1NC(=O)[C@@H](C)Oc1ccc(C(=O)Nc2cccc(C)c2C)cc1. The highest BCUT2D eigenvalue weighted by molar-refractivity contribution is 6.04. The van der Waals surface area contributed by atoms with Crippen LogP contribution in [0.25, 0.3) is 0 Å². The minimum Gasteiger partial charge on any atom is -0.481 e. The van der Waals surface area contributed by atoms with E-state index in [2.05, 4.69) is 17.6 Å². The van der Waals surface area contributed by atoms with Gasteiger partial charge in [-0.05, 0) is 86.7 Å². The van der Waals surface area contributed by atoms with Crippen LogP contribution in [0.15, 0.2) is 60.7 Å². The van der Waals surface area contributed by atoms with Crippen LogP contribution in [0.4, 0.5) is 11.4 Å². The first-order valence-corrected chi connectivity index (χ1v) is 10.8. The van der Waals surface area contributed by atoms with Crippen molar-refractivity contribution in [1.82, 2.24) is 0 Å². The van der Waals surface area contributed by atoms with Crippen molar-refractivity contribution in [3.8, 4) is 5.75 Å². The number of rotatable bonds is 7. The first-order chi connectivity index (χ1) is 15.3. The van der Waals surface area contributed by atoms with E-state index in [9.17, 15) is 9.59 Å². The number of amides is 2. The largest absolute Gasteiger partial charge is 0.481 e. The lowest BCUT2D eigenvalue weighted by Crippen LogP contribution is -2.30. The number of nitrogens with one attached hydrogen (secondary N) is 2. The topological polar surface area (TPSA) is 67.4 Å². The van der Waals surface area contributed by atoms with E-state index in [1.54, 1.807) is 31.2 Å². The third-order valence-electron chi connectivity index (χ3n) is 5.64. The van der Waals surface area contributed by atoms with Gasteiger partial charge in [0, 0.05) is 16.9 Å². The quantitative estimate of drug-likeness (QED) is 0.495. The fourth-order valence-electron chi connectivity index (χ4n) is 3.45. The number of ether oxygens (including phenoxy) is 1. The summed E-state index contributed by atoms with van der Waals surface area (Å²) >= 11 is 0. The summed E-state index contributed by atoms with van der Waals surface area (Å²) in [6.07, 6.45) is 0.145. The zero-order valence-electron chi connectivity index (χ0n) is 19.3. The molecule has 32 heavy (non-hydrogen) atoms. The summed E-state index contributed by atoms with van der Waals surface area (Å²) in [5.41, 5.74) is 6.42. The molecule has 5 heteroatoms. The number of carbonyl (C=O) groups excluding carboxylic acids is 2. The summed E-state index contributed by atoms with van der Waals surface area (Å²) in [5.74, 6) is 0.116. The molecule has 3 aromatic rings. The number of hydrogen-bond donors (Lipinski definition) is 2. The second-order valence-electron chi connectivity index (χ2n) is 7.94. The van der Waals surface area contributed by atoms with Crippen molar-refractivity contribution >= 4 is 23.2 Å². The van der Waals surface area contributed by atoms with Crippen molar-refractivity contribution in [2.75, 3.05) is 10.6 Å². The standard InChI is InChI=1S/C27H30N2O3/c1-6-21-11-7-10-18(3)25(21)29-26(30)20(5)32-23-15-13-22(14-16-23)27(31)28-24-12-8-9-17(2)19(24)4/h7-16,20H,6H2,1-5H3,(H,28,31)(H,29,30)/t20-/m1/s1. The average Bonchev–Trinajstić information content (AvgIpc) is 2.78. The molecule has 0 fully saturated rings. The normalized spacial score (nSPS) is 11.5. The van der Waals surface area contributed by atoms with E-state index in [4.69, 9.17) is 4.74 Å². The zero-order valence-corrected chi connectivity index (χ0v) is 19.3. The van der Waals surface area contributed by atoms with E-state index in [1.807, 2.05) is 57.2 Å². The van der Waals surface area contributed by atoms with Crippen LogP contribution in [0, 0.1) is 20.8 Å². The van der Waals surface area contributed by atoms with Crippen molar-refractivity contribution in [1.29, 1.82) is 0 Å². The highest BCUT2D eigenvalue weighted by Crippen LogP contribution is 2.23. The maximum Gasteiger partial charge on any atom is 0.265 e. The van der Waals surface area contributed by atoms with Gasteiger partial charge in [0.05, 0.1) is 0 Å².